The van der Waals surface area contributed by atoms with Gasteiger partial charge in [0.15, 0.2) is 0 Å². The van der Waals surface area contributed by atoms with E-state index < -0.39 is 12.1 Å². The molecule has 5 rings (SSSR count). The monoisotopic (exact) mass is 376 g/mol. The van der Waals surface area contributed by atoms with Gasteiger partial charge in [-0.05, 0) is 68.2 Å². The highest BCUT2D eigenvalue weighted by Gasteiger charge is 2.49. The second-order valence-corrected chi connectivity index (χ2v) is 8.93. The maximum atomic E-state index is 13.6. The van der Waals surface area contributed by atoms with Crippen molar-refractivity contribution in [1.82, 2.24) is 9.88 Å². The summed E-state index contributed by atoms with van der Waals surface area (Å²) in [5.74, 6) is -0.660. The number of likely N-dealkylation sites (tertiary alicyclic amines) is 1. The molecular formula is C22H27F3N2. The van der Waals surface area contributed by atoms with Crippen molar-refractivity contribution in [1.29, 1.82) is 0 Å². The van der Waals surface area contributed by atoms with Crippen molar-refractivity contribution < 1.29 is 13.2 Å². The van der Waals surface area contributed by atoms with Crippen molar-refractivity contribution in [3.05, 3.63) is 35.0 Å². The fourth-order valence-electron chi connectivity index (χ4n) is 5.94. The Morgan fingerprint density at radius 2 is 2.04 bits per heavy atom. The molecule has 0 radical (unpaired) electrons. The van der Waals surface area contributed by atoms with Gasteiger partial charge in [0.25, 0.3) is 0 Å². The van der Waals surface area contributed by atoms with Crippen LogP contribution in [0.5, 0.6) is 0 Å². The van der Waals surface area contributed by atoms with Gasteiger partial charge < -0.3 is 9.88 Å². The van der Waals surface area contributed by atoms with E-state index in [9.17, 15) is 13.2 Å². The SMILES string of the molecule is CCC([C@@H]1C[C@@H]2c3cccc4[nH]c(C5CC5)c(c34)C[C@H]2N(C)C1)C(F)(F)F. The number of aromatic nitrogens is 1. The lowest BCUT2D eigenvalue weighted by Crippen LogP contribution is -2.51. The van der Waals surface area contributed by atoms with Crippen LogP contribution in [0.15, 0.2) is 18.2 Å². The number of alkyl halides is 3. The lowest BCUT2D eigenvalue weighted by Gasteiger charge is -2.47. The molecule has 1 aliphatic heterocycles. The zero-order chi connectivity index (χ0) is 18.9. The first-order chi connectivity index (χ1) is 12.9. The van der Waals surface area contributed by atoms with E-state index in [2.05, 4.69) is 28.1 Å². The van der Waals surface area contributed by atoms with E-state index in [-0.39, 0.29) is 18.3 Å². The van der Waals surface area contributed by atoms with Crippen LogP contribution in [0.4, 0.5) is 13.2 Å². The molecule has 1 saturated heterocycles. The van der Waals surface area contributed by atoms with Gasteiger partial charge in [-0.15, -0.1) is 0 Å². The van der Waals surface area contributed by atoms with Crippen molar-refractivity contribution in [2.45, 2.75) is 63.1 Å². The van der Waals surface area contributed by atoms with Gasteiger partial charge in [0.1, 0.15) is 0 Å². The summed E-state index contributed by atoms with van der Waals surface area (Å²) in [5, 5.41) is 1.31. The minimum Gasteiger partial charge on any atom is -0.358 e. The van der Waals surface area contributed by atoms with Crippen LogP contribution in [0.25, 0.3) is 10.9 Å². The van der Waals surface area contributed by atoms with Crippen LogP contribution in [-0.4, -0.2) is 35.7 Å². The van der Waals surface area contributed by atoms with Crippen molar-refractivity contribution in [2.24, 2.45) is 11.8 Å². The van der Waals surface area contributed by atoms with Crippen LogP contribution in [0.2, 0.25) is 0 Å². The summed E-state index contributed by atoms with van der Waals surface area (Å²) >= 11 is 0. The van der Waals surface area contributed by atoms with Gasteiger partial charge in [-0.2, -0.15) is 13.2 Å². The minimum absolute atomic E-state index is 0.171. The van der Waals surface area contributed by atoms with Crippen LogP contribution >= 0.6 is 0 Å². The largest absolute Gasteiger partial charge is 0.392 e. The Labute approximate surface area is 158 Å². The number of rotatable bonds is 3. The highest BCUT2D eigenvalue weighted by atomic mass is 19.4. The molecule has 0 spiro atoms. The molecule has 2 aromatic rings. The number of hydrogen-bond donors (Lipinski definition) is 1. The molecule has 1 aromatic carbocycles. The van der Waals surface area contributed by atoms with E-state index in [1.165, 1.54) is 40.6 Å². The molecule has 0 bridgehead atoms. The molecule has 0 amide bonds. The zero-order valence-electron chi connectivity index (χ0n) is 15.9. The molecule has 4 atom stereocenters. The maximum absolute atomic E-state index is 13.6. The molecule has 1 N–H and O–H groups in total. The molecule has 2 heterocycles. The number of aromatic amines is 1. The summed E-state index contributed by atoms with van der Waals surface area (Å²) in [4.78, 5) is 5.87. The fourth-order valence-corrected chi connectivity index (χ4v) is 5.94. The molecule has 27 heavy (non-hydrogen) atoms. The third-order valence-electron chi connectivity index (χ3n) is 7.33. The third-order valence-corrected chi connectivity index (χ3v) is 7.33. The van der Waals surface area contributed by atoms with Gasteiger partial charge in [0, 0.05) is 35.1 Å². The Bertz CT molecular complexity index is 864. The number of piperidine rings is 1. The van der Waals surface area contributed by atoms with Crippen molar-refractivity contribution >= 4 is 10.9 Å². The second kappa shape index (κ2) is 6.00. The van der Waals surface area contributed by atoms with E-state index in [1.807, 2.05) is 7.05 Å². The average Bonchev–Trinajstić information content (AvgIpc) is 3.38. The molecule has 2 nitrogen and oxygen atoms in total. The van der Waals surface area contributed by atoms with Gasteiger partial charge in [-0.1, -0.05) is 19.1 Å². The van der Waals surface area contributed by atoms with Gasteiger partial charge >= 0.3 is 6.18 Å². The van der Waals surface area contributed by atoms with Crippen LogP contribution in [0.1, 0.15) is 61.3 Å². The summed E-state index contributed by atoms with van der Waals surface area (Å²) in [5.41, 5.74) is 5.29. The number of benzene rings is 1. The Morgan fingerprint density at radius 1 is 1.26 bits per heavy atom. The van der Waals surface area contributed by atoms with Gasteiger partial charge in [-0.25, -0.2) is 0 Å². The lowest BCUT2D eigenvalue weighted by molar-refractivity contribution is -0.195. The summed E-state index contributed by atoms with van der Waals surface area (Å²) in [6, 6.07) is 6.68. The van der Waals surface area contributed by atoms with E-state index in [4.69, 9.17) is 0 Å². The zero-order valence-corrected chi connectivity index (χ0v) is 15.9. The van der Waals surface area contributed by atoms with E-state index in [0.717, 1.165) is 6.42 Å². The molecule has 2 aliphatic carbocycles. The predicted octanol–water partition coefficient (Wildman–Crippen LogP) is 5.59. The van der Waals surface area contributed by atoms with Gasteiger partial charge in [0.2, 0.25) is 0 Å². The van der Waals surface area contributed by atoms with Crippen LogP contribution in [0, 0.1) is 11.8 Å². The number of hydrogen-bond acceptors (Lipinski definition) is 1. The predicted molar refractivity (Wildman–Crippen MR) is 101 cm³/mol. The normalized spacial score (nSPS) is 29.7. The summed E-state index contributed by atoms with van der Waals surface area (Å²) in [7, 11) is 2.03. The maximum Gasteiger partial charge on any atom is 0.392 e. The Kier molecular flexibility index (Phi) is 3.91. The number of H-pyrrole nitrogens is 1. The molecule has 1 aromatic heterocycles. The number of nitrogens with zero attached hydrogens (tertiary/aromatic N) is 1. The molecule has 1 unspecified atom stereocenters. The quantitative estimate of drug-likeness (QED) is 0.739. The van der Waals surface area contributed by atoms with Crippen LogP contribution < -0.4 is 0 Å². The molecule has 5 heteroatoms. The molecular weight excluding hydrogens is 349 g/mol. The molecule has 1 saturated carbocycles. The summed E-state index contributed by atoms with van der Waals surface area (Å²) < 4.78 is 40.8. The van der Waals surface area contributed by atoms with Crippen molar-refractivity contribution in [2.75, 3.05) is 13.6 Å². The summed E-state index contributed by atoms with van der Waals surface area (Å²) in [6.07, 6.45) is 0.196. The van der Waals surface area contributed by atoms with E-state index in [0.29, 0.717) is 24.9 Å². The molecule has 3 aliphatic rings. The van der Waals surface area contributed by atoms with Crippen LogP contribution in [-0.2, 0) is 6.42 Å². The fraction of sp³-hybridized carbons (Fsp3) is 0.636. The smallest absolute Gasteiger partial charge is 0.358 e. The van der Waals surface area contributed by atoms with Crippen LogP contribution in [0.3, 0.4) is 0 Å². The number of fused-ring (bicyclic) bond motifs is 2. The van der Waals surface area contributed by atoms with E-state index >= 15 is 0 Å². The Balaban J connectivity index is 1.57. The first-order valence-corrected chi connectivity index (χ1v) is 10.3. The second-order valence-electron chi connectivity index (χ2n) is 8.93. The average molecular weight is 376 g/mol. The highest BCUT2D eigenvalue weighted by molar-refractivity contribution is 5.90. The Hall–Kier alpha value is -1.49. The third kappa shape index (κ3) is 2.72. The van der Waals surface area contributed by atoms with Gasteiger partial charge in [0.05, 0.1) is 5.92 Å². The first kappa shape index (κ1) is 17.6. The van der Waals surface area contributed by atoms with Crippen molar-refractivity contribution in [3.63, 3.8) is 0 Å². The Morgan fingerprint density at radius 3 is 2.70 bits per heavy atom. The number of nitrogens with one attached hydrogen (secondary N) is 1. The molecule has 146 valence electrons. The molecule has 2 fully saturated rings. The van der Waals surface area contributed by atoms with Crippen molar-refractivity contribution in [3.8, 4) is 0 Å². The van der Waals surface area contributed by atoms with E-state index in [1.54, 1.807) is 6.92 Å². The first-order valence-electron chi connectivity index (χ1n) is 10.3. The number of halogens is 3. The lowest BCUT2D eigenvalue weighted by atomic mass is 9.69. The highest BCUT2D eigenvalue weighted by Crippen LogP contribution is 2.51. The number of likely N-dealkylation sites (N-methyl/N-ethyl adjacent to an activating group) is 1. The summed E-state index contributed by atoms with van der Waals surface area (Å²) in [6.45, 7) is 2.23. The minimum atomic E-state index is -4.11. The van der Waals surface area contributed by atoms with Gasteiger partial charge in [-0.3, -0.25) is 0 Å². The standard InChI is InChI=1S/C22H27F3N2/c1-3-17(22(23,24)25)13-9-15-14-5-4-6-18-20(14)16(10-19(15)27(2)11-13)21(26-18)12-7-8-12/h4-6,12-13,15,17,19,26H,3,7-11H2,1-2H3/t13-,15-,17?,19-/m1/s1. The topological polar surface area (TPSA) is 19.0 Å².